The monoisotopic (exact) mass is 394 g/mol. The lowest BCUT2D eigenvalue weighted by Crippen LogP contribution is -2.24. The number of pyridine rings is 1. The maximum Gasteiger partial charge on any atom is 0.266 e. The van der Waals surface area contributed by atoms with Crippen molar-refractivity contribution in [2.45, 2.75) is 18.9 Å². The highest BCUT2D eigenvalue weighted by atomic mass is 35.5. The summed E-state index contributed by atoms with van der Waals surface area (Å²) in [6.07, 6.45) is 2.33. The van der Waals surface area contributed by atoms with Crippen LogP contribution in [0.3, 0.4) is 0 Å². The van der Waals surface area contributed by atoms with Crippen molar-refractivity contribution in [3.63, 3.8) is 0 Å². The van der Waals surface area contributed by atoms with Crippen molar-refractivity contribution in [3.05, 3.63) is 45.2 Å². The van der Waals surface area contributed by atoms with Crippen LogP contribution in [0, 0.1) is 0 Å². The Hall–Kier alpha value is -1.97. The number of hydrogen-bond acceptors (Lipinski definition) is 7. The molecule has 2 aromatic rings. The lowest BCUT2D eigenvalue weighted by Gasteiger charge is -2.27. The van der Waals surface area contributed by atoms with Crippen molar-refractivity contribution in [3.8, 4) is 0 Å². The minimum absolute atomic E-state index is 0.217. The van der Waals surface area contributed by atoms with E-state index < -0.39 is 5.54 Å². The number of carbonyl (C=O) groups excluding carboxylic acids is 1. The van der Waals surface area contributed by atoms with Crippen molar-refractivity contribution >= 4 is 51.6 Å². The minimum atomic E-state index is -0.434. The fourth-order valence-corrected chi connectivity index (χ4v) is 4.48. The topological polar surface area (TPSA) is 105 Å². The third kappa shape index (κ3) is 4.17. The fraction of sp³-hybridized carbons (Fsp3) is 0.267. The molecule has 10 heteroatoms. The zero-order valence-corrected chi connectivity index (χ0v) is 15.7. The fourth-order valence-electron chi connectivity index (χ4n) is 2.30. The average molecular weight is 395 g/mol. The van der Waals surface area contributed by atoms with Gasteiger partial charge in [0, 0.05) is 16.8 Å². The number of nitrogens with two attached hydrogens (primary N) is 1. The molecule has 1 amide bonds. The predicted molar refractivity (Wildman–Crippen MR) is 102 cm³/mol. The highest BCUT2D eigenvalue weighted by molar-refractivity contribution is 8.13. The number of thioether (sulfide) groups is 1. The van der Waals surface area contributed by atoms with Crippen LogP contribution >= 0.6 is 34.7 Å². The molecule has 0 aliphatic carbocycles. The molecule has 3 rings (SSSR count). The number of aromatic nitrogens is 1. The summed E-state index contributed by atoms with van der Waals surface area (Å²) in [4.78, 5) is 22.7. The van der Waals surface area contributed by atoms with Crippen LogP contribution in [0.5, 0.6) is 0 Å². The van der Waals surface area contributed by atoms with E-state index in [2.05, 4.69) is 25.6 Å². The van der Waals surface area contributed by atoms with Gasteiger partial charge >= 0.3 is 0 Å². The molecule has 0 bridgehead atoms. The summed E-state index contributed by atoms with van der Waals surface area (Å²) >= 11 is 8.71. The maximum absolute atomic E-state index is 12.4. The highest BCUT2D eigenvalue weighted by Crippen LogP contribution is 2.39. The van der Waals surface area contributed by atoms with Crippen LogP contribution in [0.2, 0.25) is 5.02 Å². The van der Waals surface area contributed by atoms with Crippen LogP contribution in [0.4, 0.5) is 5.82 Å². The van der Waals surface area contributed by atoms with Gasteiger partial charge in [-0.2, -0.15) is 0 Å². The summed E-state index contributed by atoms with van der Waals surface area (Å²) in [7, 11) is 0. The molecule has 3 N–H and O–H groups in total. The van der Waals surface area contributed by atoms with E-state index in [-0.39, 0.29) is 5.91 Å². The molecule has 0 fully saturated rings. The first-order valence-electron chi connectivity index (χ1n) is 7.37. The number of anilines is 1. The number of rotatable bonds is 3. The summed E-state index contributed by atoms with van der Waals surface area (Å²) in [6.45, 7) is 2.02. The molecule has 0 aromatic carbocycles. The van der Waals surface area contributed by atoms with Crippen LogP contribution in [-0.2, 0) is 5.54 Å². The van der Waals surface area contributed by atoms with Gasteiger partial charge in [0.1, 0.15) is 5.82 Å². The third-order valence-electron chi connectivity index (χ3n) is 3.64. The largest absolute Gasteiger partial charge is 0.306 e. The molecule has 0 radical (unpaired) electrons. The molecule has 1 atom stereocenters. The standard InChI is InChI=1S/C15H15ClN6OS2/c1-15(6-7-24-14(20-15)21-22-17)11-4-3-10(25-11)13(23)19-12-5-2-9(16)8-18-12/h2-5,8H,6-7H2,1H3,(H2,17,20,21)(H,18,19,23). The van der Waals surface area contributed by atoms with Gasteiger partial charge in [0.05, 0.1) is 15.4 Å². The Bertz CT molecular complexity index is 835. The first-order chi connectivity index (χ1) is 12.0. The highest BCUT2D eigenvalue weighted by Gasteiger charge is 2.32. The Balaban J connectivity index is 1.78. The number of halogens is 1. The van der Waals surface area contributed by atoms with Crippen molar-refractivity contribution in [1.82, 2.24) is 4.98 Å². The summed E-state index contributed by atoms with van der Waals surface area (Å²) in [6, 6.07) is 7.04. The maximum atomic E-state index is 12.4. The molecular weight excluding hydrogens is 380 g/mol. The van der Waals surface area contributed by atoms with Gasteiger partial charge in [-0.25, -0.2) is 9.98 Å². The number of nitrogens with one attached hydrogen (secondary N) is 1. The molecule has 0 saturated carbocycles. The van der Waals surface area contributed by atoms with Crippen LogP contribution in [0.25, 0.3) is 0 Å². The van der Waals surface area contributed by atoms with E-state index in [1.54, 1.807) is 18.2 Å². The van der Waals surface area contributed by atoms with Gasteiger partial charge in [0.25, 0.3) is 5.91 Å². The van der Waals surface area contributed by atoms with Crippen LogP contribution < -0.4 is 11.2 Å². The number of amides is 1. The number of nitrogens with zero attached hydrogens (tertiary/aromatic N) is 4. The molecule has 1 unspecified atom stereocenters. The van der Waals surface area contributed by atoms with Crippen molar-refractivity contribution in [1.29, 1.82) is 0 Å². The predicted octanol–water partition coefficient (Wildman–Crippen LogP) is 4.08. The van der Waals surface area contributed by atoms with E-state index in [0.717, 1.165) is 17.1 Å². The van der Waals surface area contributed by atoms with E-state index in [0.29, 0.717) is 20.9 Å². The van der Waals surface area contributed by atoms with E-state index in [1.165, 1.54) is 29.3 Å². The SMILES string of the molecule is CC1(c2ccc(C(=O)Nc3ccc(Cl)cn3)s2)CCSC(N=NN)=N1. The molecule has 3 heterocycles. The Kier molecular flexibility index (Phi) is 5.36. The molecule has 1 aliphatic heterocycles. The third-order valence-corrected chi connectivity index (χ3v) is 6.04. The van der Waals surface area contributed by atoms with Crippen LogP contribution in [0.15, 0.2) is 45.8 Å². The Morgan fingerprint density at radius 3 is 2.96 bits per heavy atom. The first kappa shape index (κ1) is 17.8. The molecule has 7 nitrogen and oxygen atoms in total. The summed E-state index contributed by atoms with van der Waals surface area (Å²) in [5.41, 5.74) is -0.434. The Labute approximate surface area is 157 Å². The van der Waals surface area contributed by atoms with Gasteiger partial charge in [-0.15, -0.1) is 16.5 Å². The molecule has 2 aromatic heterocycles. The molecule has 130 valence electrons. The molecule has 0 spiro atoms. The summed E-state index contributed by atoms with van der Waals surface area (Å²) < 4.78 is 0. The van der Waals surface area contributed by atoms with E-state index in [9.17, 15) is 4.79 Å². The number of carbonyl (C=O) groups is 1. The van der Waals surface area contributed by atoms with E-state index >= 15 is 0 Å². The number of amidine groups is 1. The molecule has 1 aliphatic rings. The summed E-state index contributed by atoms with van der Waals surface area (Å²) in [5, 5.41) is 11.0. The normalized spacial score (nSPS) is 20.5. The van der Waals surface area contributed by atoms with Gasteiger partial charge < -0.3 is 11.2 Å². The lowest BCUT2D eigenvalue weighted by molar-refractivity contribution is 0.103. The second-order valence-electron chi connectivity index (χ2n) is 5.46. The molecular formula is C15H15ClN6OS2. The van der Waals surface area contributed by atoms with Crippen molar-refractivity contribution < 1.29 is 4.79 Å². The minimum Gasteiger partial charge on any atom is -0.306 e. The number of hydrogen-bond donors (Lipinski definition) is 2. The van der Waals surface area contributed by atoms with Crippen molar-refractivity contribution in [2.24, 2.45) is 21.2 Å². The Morgan fingerprint density at radius 2 is 2.24 bits per heavy atom. The second-order valence-corrected chi connectivity index (χ2v) is 8.04. The number of aliphatic imine (C=N–C) groups is 1. The van der Waals surface area contributed by atoms with E-state index in [4.69, 9.17) is 17.4 Å². The lowest BCUT2D eigenvalue weighted by atomic mass is 9.98. The Morgan fingerprint density at radius 1 is 1.40 bits per heavy atom. The second kappa shape index (κ2) is 7.51. The zero-order chi connectivity index (χ0) is 17.9. The van der Waals surface area contributed by atoms with Crippen molar-refractivity contribution in [2.75, 3.05) is 11.1 Å². The van der Waals surface area contributed by atoms with Gasteiger partial charge in [0.2, 0.25) is 5.17 Å². The molecule has 25 heavy (non-hydrogen) atoms. The average Bonchev–Trinajstić information content (AvgIpc) is 3.08. The van der Waals surface area contributed by atoms with Gasteiger partial charge in [0.15, 0.2) is 0 Å². The zero-order valence-electron chi connectivity index (χ0n) is 13.3. The molecule has 0 saturated heterocycles. The summed E-state index contributed by atoms with van der Waals surface area (Å²) in [5.74, 6) is 6.21. The van der Waals surface area contributed by atoms with Crippen LogP contribution in [0.1, 0.15) is 27.9 Å². The number of thiophene rings is 1. The first-order valence-corrected chi connectivity index (χ1v) is 9.55. The smallest absolute Gasteiger partial charge is 0.266 e. The van der Waals surface area contributed by atoms with E-state index in [1.807, 2.05) is 13.0 Å². The van der Waals surface area contributed by atoms with Gasteiger partial charge in [-0.1, -0.05) is 28.6 Å². The quantitative estimate of drug-likeness (QED) is 0.464. The van der Waals surface area contributed by atoms with Gasteiger partial charge in [-0.05, 0) is 37.6 Å². The van der Waals surface area contributed by atoms with Crippen LogP contribution in [-0.4, -0.2) is 21.8 Å². The van der Waals surface area contributed by atoms with Gasteiger partial charge in [-0.3, -0.25) is 4.79 Å².